The lowest BCUT2D eigenvalue weighted by Crippen LogP contribution is -2.19. The molecule has 0 aliphatic carbocycles. The Bertz CT molecular complexity index is 1140. The lowest BCUT2D eigenvalue weighted by atomic mass is 10.2. The van der Waals surface area contributed by atoms with Gasteiger partial charge in [0.2, 0.25) is 0 Å². The van der Waals surface area contributed by atoms with E-state index in [1.807, 2.05) is 24.3 Å². The Kier molecular flexibility index (Phi) is 5.51. The number of carbonyl (C=O) groups excluding carboxylic acids is 1. The standard InChI is InChI=1S/C20H11Cl3N2O2S/c21-12-3-1-2-11(8-12)17-7-5-14(27-17)10-18-19(26)25-20(28-18)24-13-4-6-15(22)16(23)9-13/h1-10H,(H,24,25,26)/b18-10+. The number of rotatable bonds is 3. The van der Waals surface area contributed by atoms with Crippen molar-refractivity contribution in [2.75, 3.05) is 0 Å². The molecule has 0 spiro atoms. The van der Waals surface area contributed by atoms with E-state index in [0.29, 0.717) is 42.3 Å². The first-order chi connectivity index (χ1) is 13.5. The number of thioether (sulfide) groups is 1. The van der Waals surface area contributed by atoms with Gasteiger partial charge in [0.1, 0.15) is 11.5 Å². The molecule has 0 bridgehead atoms. The van der Waals surface area contributed by atoms with Crippen LogP contribution in [0.5, 0.6) is 0 Å². The first-order valence-corrected chi connectivity index (χ1v) is 10.0. The number of aliphatic imine (C=N–C) groups is 1. The van der Waals surface area contributed by atoms with Gasteiger partial charge in [-0.15, -0.1) is 0 Å². The average molecular weight is 450 g/mol. The van der Waals surface area contributed by atoms with Crippen molar-refractivity contribution in [3.8, 4) is 11.3 Å². The summed E-state index contributed by atoms with van der Waals surface area (Å²) in [7, 11) is 0. The summed E-state index contributed by atoms with van der Waals surface area (Å²) in [6.45, 7) is 0. The van der Waals surface area contributed by atoms with E-state index in [1.54, 1.807) is 36.4 Å². The van der Waals surface area contributed by atoms with Gasteiger partial charge in [0.15, 0.2) is 5.17 Å². The third-order valence-electron chi connectivity index (χ3n) is 3.79. The molecule has 8 heteroatoms. The van der Waals surface area contributed by atoms with Crippen LogP contribution in [0.1, 0.15) is 5.76 Å². The SMILES string of the molecule is O=C1NC(=Nc2ccc(Cl)c(Cl)c2)S/C1=C/c1ccc(-c2cccc(Cl)c2)o1. The molecule has 2 aromatic carbocycles. The zero-order valence-corrected chi connectivity index (χ0v) is 17.2. The first-order valence-electron chi connectivity index (χ1n) is 8.08. The Hall–Kier alpha value is -2.18. The van der Waals surface area contributed by atoms with E-state index in [4.69, 9.17) is 39.2 Å². The predicted octanol–water partition coefficient (Wildman–Crippen LogP) is 6.80. The molecule has 0 unspecified atom stereocenters. The molecule has 1 fully saturated rings. The van der Waals surface area contributed by atoms with Crippen molar-refractivity contribution >= 4 is 69.4 Å². The number of carbonyl (C=O) groups is 1. The number of nitrogens with one attached hydrogen (secondary N) is 1. The van der Waals surface area contributed by atoms with E-state index in [1.165, 1.54) is 11.8 Å². The Labute approximate surface area is 180 Å². The van der Waals surface area contributed by atoms with Crippen LogP contribution in [0.2, 0.25) is 15.1 Å². The highest BCUT2D eigenvalue weighted by atomic mass is 35.5. The second-order valence-electron chi connectivity index (χ2n) is 5.79. The number of amides is 1. The van der Waals surface area contributed by atoms with E-state index in [2.05, 4.69) is 10.3 Å². The molecule has 0 saturated carbocycles. The molecular weight excluding hydrogens is 439 g/mol. The number of amidine groups is 1. The van der Waals surface area contributed by atoms with Crippen molar-refractivity contribution in [2.24, 2.45) is 4.99 Å². The van der Waals surface area contributed by atoms with Crippen LogP contribution in [0.3, 0.4) is 0 Å². The molecule has 2 heterocycles. The summed E-state index contributed by atoms with van der Waals surface area (Å²) in [4.78, 5) is 17.1. The highest BCUT2D eigenvalue weighted by Crippen LogP contribution is 2.32. The zero-order chi connectivity index (χ0) is 19.7. The van der Waals surface area contributed by atoms with E-state index >= 15 is 0 Å². The van der Waals surface area contributed by atoms with E-state index in [-0.39, 0.29) is 5.91 Å². The molecule has 1 amide bonds. The second kappa shape index (κ2) is 8.05. The van der Waals surface area contributed by atoms with Crippen molar-refractivity contribution in [2.45, 2.75) is 0 Å². The fourth-order valence-electron chi connectivity index (χ4n) is 2.51. The highest BCUT2D eigenvalue weighted by Gasteiger charge is 2.24. The molecule has 3 aromatic rings. The van der Waals surface area contributed by atoms with E-state index in [0.717, 1.165) is 5.56 Å². The van der Waals surface area contributed by atoms with Gasteiger partial charge in [0.05, 0.1) is 20.6 Å². The van der Waals surface area contributed by atoms with Crippen LogP contribution in [-0.4, -0.2) is 11.1 Å². The minimum atomic E-state index is -0.246. The third kappa shape index (κ3) is 4.28. The Morgan fingerprint density at radius 3 is 2.64 bits per heavy atom. The number of benzene rings is 2. The molecule has 4 nitrogen and oxygen atoms in total. The molecule has 140 valence electrons. The molecule has 0 radical (unpaired) electrons. The Morgan fingerprint density at radius 2 is 1.86 bits per heavy atom. The number of hydrogen-bond donors (Lipinski definition) is 1. The first kappa shape index (κ1) is 19.2. The van der Waals surface area contributed by atoms with Gasteiger partial charge in [-0.2, -0.15) is 0 Å². The lowest BCUT2D eigenvalue weighted by Gasteiger charge is -1.98. The normalized spacial score (nSPS) is 16.8. The van der Waals surface area contributed by atoms with Crippen LogP contribution >= 0.6 is 46.6 Å². The number of furan rings is 1. The maximum absolute atomic E-state index is 12.2. The van der Waals surface area contributed by atoms with Crippen LogP contribution in [0, 0.1) is 0 Å². The summed E-state index contributed by atoms with van der Waals surface area (Å²) >= 11 is 19.1. The molecule has 1 aliphatic heterocycles. The third-order valence-corrected chi connectivity index (χ3v) is 5.68. The van der Waals surface area contributed by atoms with Crippen molar-refractivity contribution in [3.05, 3.63) is 80.3 Å². The fourth-order valence-corrected chi connectivity index (χ4v) is 3.81. The average Bonchev–Trinajstić information content (AvgIpc) is 3.26. The van der Waals surface area contributed by atoms with Gasteiger partial charge in [0.25, 0.3) is 5.91 Å². The van der Waals surface area contributed by atoms with Crippen LogP contribution in [-0.2, 0) is 4.79 Å². The minimum Gasteiger partial charge on any atom is -0.457 e. The molecule has 28 heavy (non-hydrogen) atoms. The van der Waals surface area contributed by atoms with Crippen molar-refractivity contribution in [3.63, 3.8) is 0 Å². The lowest BCUT2D eigenvalue weighted by molar-refractivity contribution is -0.115. The Morgan fingerprint density at radius 1 is 1.00 bits per heavy atom. The summed E-state index contributed by atoms with van der Waals surface area (Å²) in [5, 5.41) is 4.65. The van der Waals surface area contributed by atoms with Crippen molar-refractivity contribution < 1.29 is 9.21 Å². The van der Waals surface area contributed by atoms with E-state index in [9.17, 15) is 4.79 Å². The second-order valence-corrected chi connectivity index (χ2v) is 8.07. The summed E-state index contributed by atoms with van der Waals surface area (Å²) in [6.07, 6.45) is 1.67. The van der Waals surface area contributed by atoms with Gasteiger partial charge >= 0.3 is 0 Å². The zero-order valence-electron chi connectivity index (χ0n) is 14.1. The molecule has 1 N–H and O–H groups in total. The quantitative estimate of drug-likeness (QED) is 0.447. The van der Waals surface area contributed by atoms with Crippen molar-refractivity contribution in [1.82, 2.24) is 5.32 Å². The number of hydrogen-bond acceptors (Lipinski definition) is 4. The maximum atomic E-state index is 12.2. The van der Waals surface area contributed by atoms with Gasteiger partial charge in [-0.1, -0.05) is 46.9 Å². The highest BCUT2D eigenvalue weighted by molar-refractivity contribution is 8.18. The predicted molar refractivity (Wildman–Crippen MR) is 116 cm³/mol. The fraction of sp³-hybridized carbons (Fsp3) is 0. The monoisotopic (exact) mass is 448 g/mol. The minimum absolute atomic E-state index is 0.246. The van der Waals surface area contributed by atoms with Gasteiger partial charge in [0, 0.05) is 16.7 Å². The van der Waals surface area contributed by atoms with E-state index < -0.39 is 0 Å². The number of halogens is 3. The van der Waals surface area contributed by atoms with Gasteiger partial charge in [-0.05, 0) is 54.2 Å². The smallest absolute Gasteiger partial charge is 0.264 e. The van der Waals surface area contributed by atoms with Crippen molar-refractivity contribution in [1.29, 1.82) is 0 Å². The maximum Gasteiger partial charge on any atom is 0.264 e. The van der Waals surface area contributed by atoms with Gasteiger partial charge < -0.3 is 9.73 Å². The molecular formula is C20H11Cl3N2O2S. The van der Waals surface area contributed by atoms with Crippen LogP contribution < -0.4 is 5.32 Å². The molecule has 4 rings (SSSR count). The van der Waals surface area contributed by atoms with Gasteiger partial charge in [-0.25, -0.2) is 4.99 Å². The summed E-state index contributed by atoms with van der Waals surface area (Å²) in [5.74, 6) is 0.982. The summed E-state index contributed by atoms with van der Waals surface area (Å²) < 4.78 is 5.82. The molecule has 0 atom stereocenters. The molecule has 1 saturated heterocycles. The van der Waals surface area contributed by atoms with Crippen LogP contribution in [0.25, 0.3) is 17.4 Å². The number of nitrogens with zero attached hydrogens (tertiary/aromatic N) is 1. The van der Waals surface area contributed by atoms with Gasteiger partial charge in [-0.3, -0.25) is 4.79 Å². The largest absolute Gasteiger partial charge is 0.457 e. The molecule has 1 aliphatic rings. The van der Waals surface area contributed by atoms with Crippen LogP contribution in [0.15, 0.2) is 68.9 Å². The topological polar surface area (TPSA) is 54.6 Å². The van der Waals surface area contributed by atoms with Crippen LogP contribution in [0.4, 0.5) is 5.69 Å². The summed E-state index contributed by atoms with van der Waals surface area (Å²) in [5.41, 5.74) is 1.46. The Balaban J connectivity index is 1.55. The molecule has 1 aromatic heterocycles. The summed E-state index contributed by atoms with van der Waals surface area (Å²) in [6, 6.07) is 16.0.